The lowest BCUT2D eigenvalue weighted by molar-refractivity contribution is 0.101. The van der Waals surface area contributed by atoms with Gasteiger partial charge in [0.05, 0.1) is 17.3 Å². The van der Waals surface area contributed by atoms with Crippen LogP contribution in [0.15, 0.2) is 60.8 Å². The Morgan fingerprint density at radius 3 is 2.63 bits per heavy atom. The molecule has 27 heavy (non-hydrogen) atoms. The Balaban J connectivity index is 1.55. The molecule has 2 aromatic heterocycles. The second-order valence-corrected chi connectivity index (χ2v) is 6.72. The summed E-state index contributed by atoms with van der Waals surface area (Å²) in [6.07, 6.45) is 1.33. The van der Waals surface area contributed by atoms with E-state index in [9.17, 15) is 9.18 Å². The lowest BCUT2D eigenvalue weighted by Gasteiger charge is -2.08. The first-order valence-corrected chi connectivity index (χ1v) is 8.93. The van der Waals surface area contributed by atoms with E-state index in [4.69, 9.17) is 4.74 Å². The van der Waals surface area contributed by atoms with E-state index in [0.29, 0.717) is 5.69 Å². The van der Waals surface area contributed by atoms with Gasteiger partial charge in [0.2, 0.25) is 0 Å². The molecule has 2 aromatic carbocycles. The van der Waals surface area contributed by atoms with E-state index in [1.54, 1.807) is 23.5 Å². The van der Waals surface area contributed by atoms with E-state index in [-0.39, 0.29) is 11.4 Å². The molecule has 5 nitrogen and oxygen atoms in total. The van der Waals surface area contributed by atoms with Crippen LogP contribution in [-0.4, -0.2) is 23.0 Å². The molecule has 4 aromatic rings. The Morgan fingerprint density at radius 2 is 1.89 bits per heavy atom. The van der Waals surface area contributed by atoms with Crippen LogP contribution in [0.5, 0.6) is 5.75 Å². The molecule has 7 heteroatoms. The molecule has 1 N–H and O–H groups in total. The van der Waals surface area contributed by atoms with Crippen LogP contribution in [0.2, 0.25) is 0 Å². The highest BCUT2D eigenvalue weighted by molar-refractivity contribution is 7.21. The highest BCUT2D eigenvalue weighted by atomic mass is 32.1. The van der Waals surface area contributed by atoms with Gasteiger partial charge in [0.15, 0.2) is 17.3 Å². The number of aromatic nitrogens is 2. The molecule has 0 radical (unpaired) electrons. The van der Waals surface area contributed by atoms with Crippen molar-refractivity contribution >= 4 is 33.1 Å². The highest BCUT2D eigenvalue weighted by Crippen LogP contribution is 2.30. The number of nitrogens with one attached hydrogen (secondary N) is 1. The molecule has 0 fully saturated rings. The SMILES string of the molecule is COc1ccnc(C(=O)Nc2ccc(-c3nc4ccccc4s3)cc2)c1F. The van der Waals surface area contributed by atoms with Crippen molar-refractivity contribution in [3.8, 4) is 16.3 Å². The van der Waals surface area contributed by atoms with Gasteiger partial charge in [-0.05, 0) is 36.4 Å². The standard InChI is InChI=1S/C20H14FN3O2S/c1-26-15-10-11-22-18(17(15)21)19(25)23-13-8-6-12(7-9-13)20-24-14-4-2-3-5-16(14)27-20/h2-11H,1H3,(H,23,25). The summed E-state index contributed by atoms with van der Waals surface area (Å²) in [5.41, 5.74) is 2.12. The minimum Gasteiger partial charge on any atom is -0.494 e. The number of fused-ring (bicyclic) bond motifs is 1. The highest BCUT2D eigenvalue weighted by Gasteiger charge is 2.17. The van der Waals surface area contributed by atoms with E-state index in [1.165, 1.54) is 19.4 Å². The van der Waals surface area contributed by atoms with Crippen molar-refractivity contribution in [2.75, 3.05) is 12.4 Å². The molecule has 0 aliphatic carbocycles. The van der Waals surface area contributed by atoms with Crippen molar-refractivity contribution in [3.63, 3.8) is 0 Å². The van der Waals surface area contributed by atoms with Crippen molar-refractivity contribution in [3.05, 3.63) is 72.3 Å². The lowest BCUT2D eigenvalue weighted by atomic mass is 10.2. The molecular formula is C20H14FN3O2S. The van der Waals surface area contributed by atoms with Gasteiger partial charge in [-0.15, -0.1) is 11.3 Å². The number of benzene rings is 2. The number of carbonyl (C=O) groups is 1. The predicted octanol–water partition coefficient (Wildman–Crippen LogP) is 4.76. The largest absolute Gasteiger partial charge is 0.494 e. The summed E-state index contributed by atoms with van der Waals surface area (Å²) in [4.78, 5) is 20.7. The van der Waals surface area contributed by atoms with Crippen molar-refractivity contribution in [2.45, 2.75) is 0 Å². The van der Waals surface area contributed by atoms with Crippen LogP contribution in [-0.2, 0) is 0 Å². The third-order valence-corrected chi connectivity index (χ3v) is 5.06. The summed E-state index contributed by atoms with van der Waals surface area (Å²) >= 11 is 1.60. The van der Waals surface area contributed by atoms with Crippen molar-refractivity contribution in [1.29, 1.82) is 0 Å². The molecule has 0 spiro atoms. The first kappa shape index (κ1) is 17.1. The van der Waals surface area contributed by atoms with Crippen LogP contribution in [0.25, 0.3) is 20.8 Å². The van der Waals surface area contributed by atoms with Gasteiger partial charge in [0.1, 0.15) is 5.01 Å². The van der Waals surface area contributed by atoms with Gasteiger partial charge in [0.25, 0.3) is 5.91 Å². The van der Waals surface area contributed by atoms with E-state index in [0.717, 1.165) is 20.8 Å². The first-order chi connectivity index (χ1) is 13.2. The van der Waals surface area contributed by atoms with Gasteiger partial charge in [-0.2, -0.15) is 0 Å². The predicted molar refractivity (Wildman–Crippen MR) is 104 cm³/mol. The fraction of sp³-hybridized carbons (Fsp3) is 0.0500. The molecule has 2 heterocycles. The van der Waals surface area contributed by atoms with Gasteiger partial charge in [-0.25, -0.2) is 14.4 Å². The zero-order valence-corrected chi connectivity index (χ0v) is 15.1. The number of halogens is 1. The molecule has 134 valence electrons. The Bertz CT molecular complexity index is 1090. The average molecular weight is 379 g/mol. The van der Waals surface area contributed by atoms with E-state index in [2.05, 4.69) is 15.3 Å². The Morgan fingerprint density at radius 1 is 1.11 bits per heavy atom. The molecule has 0 unspecified atom stereocenters. The first-order valence-electron chi connectivity index (χ1n) is 8.11. The topological polar surface area (TPSA) is 64.1 Å². The number of hydrogen-bond acceptors (Lipinski definition) is 5. The number of carbonyl (C=O) groups excluding carboxylic acids is 1. The Kier molecular flexibility index (Phi) is 4.52. The molecule has 1 amide bonds. The van der Waals surface area contributed by atoms with Crippen LogP contribution in [0.4, 0.5) is 10.1 Å². The van der Waals surface area contributed by atoms with Crippen molar-refractivity contribution in [1.82, 2.24) is 9.97 Å². The fourth-order valence-corrected chi connectivity index (χ4v) is 3.60. The second-order valence-electron chi connectivity index (χ2n) is 5.69. The number of hydrogen-bond donors (Lipinski definition) is 1. The van der Waals surface area contributed by atoms with Gasteiger partial charge in [-0.3, -0.25) is 4.79 Å². The maximum atomic E-state index is 14.2. The third-order valence-electron chi connectivity index (χ3n) is 3.97. The van der Waals surface area contributed by atoms with Crippen LogP contribution >= 0.6 is 11.3 Å². The number of para-hydroxylation sites is 1. The number of rotatable bonds is 4. The summed E-state index contributed by atoms with van der Waals surface area (Å²) < 4.78 is 20.1. The van der Waals surface area contributed by atoms with Crippen molar-refractivity contribution < 1.29 is 13.9 Å². The lowest BCUT2D eigenvalue weighted by Crippen LogP contribution is -2.16. The molecule has 0 saturated heterocycles. The number of nitrogens with zero attached hydrogens (tertiary/aromatic N) is 2. The summed E-state index contributed by atoms with van der Waals surface area (Å²) in [6.45, 7) is 0. The number of ether oxygens (including phenoxy) is 1. The number of amides is 1. The number of methoxy groups -OCH3 is 1. The minimum atomic E-state index is -0.788. The number of pyridine rings is 1. The summed E-state index contributed by atoms with van der Waals surface area (Å²) in [5.74, 6) is -1.45. The Hall–Kier alpha value is -3.32. The third kappa shape index (κ3) is 3.37. The van der Waals surface area contributed by atoms with Crippen LogP contribution in [0.3, 0.4) is 0 Å². The Labute approximate surface area is 158 Å². The maximum Gasteiger partial charge on any atom is 0.277 e. The fourth-order valence-electron chi connectivity index (χ4n) is 2.62. The van der Waals surface area contributed by atoms with Gasteiger partial charge in [-0.1, -0.05) is 12.1 Å². The van der Waals surface area contributed by atoms with Crippen molar-refractivity contribution in [2.24, 2.45) is 0 Å². The van der Waals surface area contributed by atoms with Gasteiger partial charge < -0.3 is 10.1 Å². The summed E-state index contributed by atoms with van der Waals surface area (Å²) in [7, 11) is 1.33. The maximum absolute atomic E-state index is 14.2. The molecule has 0 atom stereocenters. The van der Waals surface area contributed by atoms with Gasteiger partial charge in [0, 0.05) is 23.5 Å². The average Bonchev–Trinajstić information content (AvgIpc) is 3.13. The molecule has 0 saturated carbocycles. The van der Waals surface area contributed by atoms with Crippen LogP contribution < -0.4 is 10.1 Å². The molecule has 4 rings (SSSR count). The summed E-state index contributed by atoms with van der Waals surface area (Å²) in [6, 6.07) is 16.5. The number of anilines is 1. The van der Waals surface area contributed by atoms with Gasteiger partial charge >= 0.3 is 0 Å². The zero-order valence-electron chi connectivity index (χ0n) is 14.3. The van der Waals surface area contributed by atoms with Crippen LogP contribution in [0, 0.1) is 5.82 Å². The minimum absolute atomic E-state index is 0.0265. The molecule has 0 aliphatic rings. The smallest absolute Gasteiger partial charge is 0.277 e. The van der Waals surface area contributed by atoms with E-state index >= 15 is 0 Å². The second kappa shape index (κ2) is 7.13. The van der Waals surface area contributed by atoms with E-state index < -0.39 is 11.7 Å². The molecular weight excluding hydrogens is 365 g/mol. The number of thiazole rings is 1. The zero-order chi connectivity index (χ0) is 18.8. The van der Waals surface area contributed by atoms with E-state index in [1.807, 2.05) is 36.4 Å². The monoisotopic (exact) mass is 379 g/mol. The quantitative estimate of drug-likeness (QED) is 0.555. The normalized spacial score (nSPS) is 10.7. The van der Waals surface area contributed by atoms with Crippen LogP contribution in [0.1, 0.15) is 10.5 Å². The summed E-state index contributed by atoms with van der Waals surface area (Å²) in [5, 5.41) is 3.54. The molecule has 0 bridgehead atoms. The molecule has 0 aliphatic heterocycles.